The van der Waals surface area contributed by atoms with Crippen LogP contribution >= 0.6 is 0 Å². The van der Waals surface area contributed by atoms with Crippen molar-refractivity contribution in [2.45, 2.75) is 77.7 Å². The topological polar surface area (TPSA) is 97.7 Å². The molecule has 1 N–H and O–H groups in total. The van der Waals surface area contributed by atoms with Gasteiger partial charge in [0.15, 0.2) is 6.61 Å². The maximum atomic E-state index is 13.5. The maximum absolute atomic E-state index is 13.5. The van der Waals surface area contributed by atoms with E-state index in [9.17, 15) is 24.3 Å². The Balaban J connectivity index is 1.64. The van der Waals surface area contributed by atoms with Gasteiger partial charge in [-0.05, 0) is 55.3 Å². The van der Waals surface area contributed by atoms with Crippen LogP contribution in [0.15, 0.2) is 0 Å². The molecule has 0 saturated heterocycles. The lowest BCUT2D eigenvalue weighted by Crippen LogP contribution is -2.62. The molecular formula is C23H32O6. The number of ketones is 3. The van der Waals surface area contributed by atoms with E-state index in [1.165, 1.54) is 6.92 Å². The molecular weight excluding hydrogens is 372 g/mol. The molecule has 0 radical (unpaired) electrons. The molecule has 4 saturated carbocycles. The molecule has 29 heavy (non-hydrogen) atoms. The highest BCUT2D eigenvalue weighted by Gasteiger charge is 2.69. The van der Waals surface area contributed by atoms with Crippen LogP contribution in [0.4, 0.5) is 0 Å². The van der Waals surface area contributed by atoms with Crippen LogP contribution in [0, 0.1) is 34.5 Å². The summed E-state index contributed by atoms with van der Waals surface area (Å²) in [5.41, 5.74) is -2.61. The molecule has 0 aromatic carbocycles. The zero-order chi connectivity index (χ0) is 21.2. The Morgan fingerprint density at radius 3 is 2.55 bits per heavy atom. The summed E-state index contributed by atoms with van der Waals surface area (Å²) in [6.45, 7) is 4.86. The van der Waals surface area contributed by atoms with Crippen molar-refractivity contribution in [3.8, 4) is 0 Å². The van der Waals surface area contributed by atoms with Gasteiger partial charge in [-0.25, -0.2) is 0 Å². The van der Waals surface area contributed by atoms with Gasteiger partial charge in [0.1, 0.15) is 17.2 Å². The predicted molar refractivity (Wildman–Crippen MR) is 104 cm³/mol. The lowest BCUT2D eigenvalue weighted by atomic mass is 9.44. The summed E-state index contributed by atoms with van der Waals surface area (Å²) in [5.74, 6) is -0.187. The second kappa shape index (κ2) is 6.73. The predicted octanol–water partition coefficient (Wildman–Crippen LogP) is 2.64. The van der Waals surface area contributed by atoms with Crippen molar-refractivity contribution >= 4 is 23.3 Å². The molecule has 160 valence electrons. The van der Waals surface area contributed by atoms with Crippen molar-refractivity contribution in [2.75, 3.05) is 6.61 Å². The van der Waals surface area contributed by atoms with Gasteiger partial charge in [-0.1, -0.05) is 13.8 Å². The summed E-state index contributed by atoms with van der Waals surface area (Å²) >= 11 is 0. The highest BCUT2D eigenvalue weighted by molar-refractivity contribution is 5.93. The number of esters is 1. The van der Waals surface area contributed by atoms with E-state index in [-0.39, 0.29) is 41.3 Å². The Bertz CT molecular complexity index is 773. The summed E-state index contributed by atoms with van der Waals surface area (Å²) in [4.78, 5) is 49.5. The number of hydrogen-bond acceptors (Lipinski definition) is 6. The molecule has 4 rings (SSSR count). The molecule has 4 aliphatic carbocycles. The van der Waals surface area contributed by atoms with E-state index >= 15 is 0 Å². The Labute approximate surface area is 171 Å². The lowest BCUT2D eigenvalue weighted by molar-refractivity contribution is -0.180. The molecule has 4 aliphatic rings. The Hall–Kier alpha value is -1.56. The van der Waals surface area contributed by atoms with Crippen LogP contribution in [0.1, 0.15) is 72.1 Å². The number of ether oxygens (including phenoxy) is 1. The van der Waals surface area contributed by atoms with Crippen LogP contribution in [0.5, 0.6) is 0 Å². The van der Waals surface area contributed by atoms with E-state index in [1.807, 2.05) is 6.92 Å². The monoisotopic (exact) mass is 404 g/mol. The van der Waals surface area contributed by atoms with Crippen LogP contribution in [0.3, 0.4) is 0 Å². The largest absolute Gasteiger partial charge is 0.458 e. The molecule has 0 heterocycles. The number of hydrogen-bond donors (Lipinski definition) is 1. The van der Waals surface area contributed by atoms with Gasteiger partial charge in [-0.15, -0.1) is 0 Å². The molecule has 4 fully saturated rings. The number of rotatable bonds is 3. The average molecular weight is 405 g/mol. The summed E-state index contributed by atoms with van der Waals surface area (Å²) in [6, 6.07) is 0. The van der Waals surface area contributed by atoms with Crippen LogP contribution in [-0.4, -0.2) is 40.6 Å². The van der Waals surface area contributed by atoms with Crippen molar-refractivity contribution in [1.82, 2.24) is 0 Å². The van der Waals surface area contributed by atoms with E-state index in [2.05, 4.69) is 6.92 Å². The molecule has 0 spiro atoms. The SMILES string of the molecule is CC(=O)OCC(=O)[C@]1(O)CC[C@@H]2[C@@H]3CC[C@H]4CC(=O)CC[C@]4(C)[C@@H]3C(=O)C[C@@]21C. The zero-order valence-corrected chi connectivity index (χ0v) is 17.7. The van der Waals surface area contributed by atoms with Crippen molar-refractivity contribution in [3.05, 3.63) is 0 Å². The van der Waals surface area contributed by atoms with E-state index in [1.54, 1.807) is 0 Å². The van der Waals surface area contributed by atoms with Gasteiger partial charge in [-0.2, -0.15) is 0 Å². The molecule has 0 aromatic heterocycles. The number of Topliss-reactive ketones (excluding diaryl/α,β-unsaturated/α-hetero) is 3. The number of aliphatic hydroxyl groups is 1. The number of fused-ring (bicyclic) bond motifs is 5. The Kier molecular flexibility index (Phi) is 4.80. The summed E-state index contributed by atoms with van der Waals surface area (Å²) < 4.78 is 4.87. The smallest absolute Gasteiger partial charge is 0.303 e. The Morgan fingerprint density at radius 1 is 1.14 bits per heavy atom. The fourth-order valence-electron chi connectivity index (χ4n) is 7.61. The van der Waals surface area contributed by atoms with Gasteiger partial charge in [0, 0.05) is 37.5 Å². The van der Waals surface area contributed by atoms with Gasteiger partial charge in [0.25, 0.3) is 0 Å². The van der Waals surface area contributed by atoms with Gasteiger partial charge in [0.2, 0.25) is 5.78 Å². The molecule has 6 nitrogen and oxygen atoms in total. The van der Waals surface area contributed by atoms with Gasteiger partial charge < -0.3 is 9.84 Å². The van der Waals surface area contributed by atoms with E-state index < -0.39 is 29.4 Å². The fraction of sp³-hybridized carbons (Fsp3) is 0.826. The fourth-order valence-corrected chi connectivity index (χ4v) is 7.61. The molecule has 0 bridgehead atoms. The van der Waals surface area contributed by atoms with Gasteiger partial charge in [-0.3, -0.25) is 19.2 Å². The summed E-state index contributed by atoms with van der Waals surface area (Å²) in [6.07, 6.45) is 4.90. The summed E-state index contributed by atoms with van der Waals surface area (Å²) in [7, 11) is 0. The Morgan fingerprint density at radius 2 is 1.86 bits per heavy atom. The molecule has 0 amide bonds. The summed E-state index contributed by atoms with van der Waals surface area (Å²) in [5, 5.41) is 11.4. The van der Waals surface area contributed by atoms with Crippen LogP contribution in [0.25, 0.3) is 0 Å². The molecule has 0 aliphatic heterocycles. The first-order valence-electron chi connectivity index (χ1n) is 11.0. The molecule has 0 unspecified atom stereocenters. The molecule has 6 heteroatoms. The zero-order valence-electron chi connectivity index (χ0n) is 17.7. The third kappa shape index (κ3) is 2.85. The first-order valence-corrected chi connectivity index (χ1v) is 11.0. The second-order valence-corrected chi connectivity index (χ2v) is 10.4. The standard InChI is InChI=1S/C23H32O6/c1-13(24)29-12-19(27)23(28)9-7-17-16-5-4-14-10-15(25)6-8-21(14,2)20(16)18(26)11-22(17,23)3/h14,16-17,20,28H,4-12H2,1-3H3/t14-,16-,17+,20-,21-,22-,23+/m0/s1. The van der Waals surface area contributed by atoms with E-state index in [0.717, 1.165) is 19.3 Å². The lowest BCUT2D eigenvalue weighted by Gasteiger charge is -2.59. The second-order valence-electron chi connectivity index (χ2n) is 10.4. The minimum absolute atomic E-state index is 0.0849. The average Bonchev–Trinajstić information content (AvgIpc) is 2.91. The van der Waals surface area contributed by atoms with Crippen molar-refractivity contribution in [3.63, 3.8) is 0 Å². The number of carbonyl (C=O) groups is 4. The molecule has 7 atom stereocenters. The first-order chi connectivity index (χ1) is 13.5. The first kappa shape index (κ1) is 20.7. The van der Waals surface area contributed by atoms with Gasteiger partial charge >= 0.3 is 5.97 Å². The minimum Gasteiger partial charge on any atom is -0.458 e. The van der Waals surface area contributed by atoms with E-state index in [4.69, 9.17) is 4.74 Å². The number of carbonyl (C=O) groups excluding carboxylic acids is 4. The van der Waals surface area contributed by atoms with Crippen LogP contribution in [0.2, 0.25) is 0 Å². The maximum Gasteiger partial charge on any atom is 0.303 e. The quantitative estimate of drug-likeness (QED) is 0.726. The molecule has 0 aromatic rings. The highest BCUT2D eigenvalue weighted by atomic mass is 16.5. The normalized spacial score (nSPS) is 46.5. The third-order valence-corrected chi connectivity index (χ3v) is 9.19. The highest BCUT2D eigenvalue weighted by Crippen LogP contribution is 2.67. The van der Waals surface area contributed by atoms with Crippen molar-refractivity contribution < 1.29 is 29.0 Å². The van der Waals surface area contributed by atoms with Crippen LogP contribution < -0.4 is 0 Å². The van der Waals surface area contributed by atoms with Crippen LogP contribution in [-0.2, 0) is 23.9 Å². The van der Waals surface area contributed by atoms with Gasteiger partial charge in [0.05, 0.1) is 0 Å². The van der Waals surface area contributed by atoms with Crippen molar-refractivity contribution in [1.29, 1.82) is 0 Å². The van der Waals surface area contributed by atoms with Crippen molar-refractivity contribution in [2.24, 2.45) is 34.5 Å². The van der Waals surface area contributed by atoms with E-state index in [0.29, 0.717) is 31.5 Å². The third-order valence-electron chi connectivity index (χ3n) is 9.19. The minimum atomic E-state index is -1.63.